The number of rotatable bonds is 3. The molecule has 6 nitrogen and oxygen atoms in total. The van der Waals surface area contributed by atoms with Crippen LogP contribution in [0.1, 0.15) is 41.7 Å². The first-order chi connectivity index (χ1) is 12.6. The predicted octanol–water partition coefficient (Wildman–Crippen LogP) is 2.32. The van der Waals surface area contributed by atoms with Crippen LogP contribution in [0.3, 0.4) is 0 Å². The lowest BCUT2D eigenvalue weighted by atomic mass is 9.89. The smallest absolute Gasteiger partial charge is 0.276 e. The Hall–Kier alpha value is -2.28. The molecule has 1 N–H and O–H groups in total. The van der Waals surface area contributed by atoms with Crippen molar-refractivity contribution in [3.63, 3.8) is 0 Å². The quantitative estimate of drug-likeness (QED) is 0.916. The Labute approximate surface area is 152 Å². The van der Waals surface area contributed by atoms with Gasteiger partial charge in [-0.25, -0.2) is 9.07 Å². The molecule has 0 spiro atoms. The maximum atomic E-state index is 13.3. The van der Waals surface area contributed by atoms with Crippen molar-refractivity contribution in [3.8, 4) is 5.69 Å². The Kier molecular flexibility index (Phi) is 4.72. The van der Waals surface area contributed by atoms with Gasteiger partial charge in [0.2, 0.25) is 0 Å². The third-order valence-corrected chi connectivity index (χ3v) is 5.57. The van der Waals surface area contributed by atoms with Gasteiger partial charge >= 0.3 is 0 Å². The molecule has 2 fully saturated rings. The van der Waals surface area contributed by atoms with Crippen LogP contribution in [0.2, 0.25) is 0 Å². The summed E-state index contributed by atoms with van der Waals surface area (Å²) in [6.07, 6.45) is 6.04. The molecular weight excluding hydrogens is 333 g/mol. The molecule has 0 radical (unpaired) electrons. The molecule has 1 amide bonds. The highest BCUT2D eigenvalue weighted by molar-refractivity contribution is 5.92. The molecule has 0 saturated carbocycles. The summed E-state index contributed by atoms with van der Waals surface area (Å²) < 4.78 is 14.9. The number of carbonyl (C=O) groups excluding carboxylic acids is 1. The van der Waals surface area contributed by atoms with E-state index in [4.69, 9.17) is 0 Å². The normalized spacial score (nSPS) is 23.4. The summed E-state index contributed by atoms with van der Waals surface area (Å²) in [6.45, 7) is 4.61. The maximum Gasteiger partial charge on any atom is 0.276 e. The van der Waals surface area contributed by atoms with Gasteiger partial charge in [-0.1, -0.05) is 5.21 Å². The first-order valence-electron chi connectivity index (χ1n) is 9.34. The molecule has 0 bridgehead atoms. The fourth-order valence-corrected chi connectivity index (χ4v) is 4.21. The van der Waals surface area contributed by atoms with Gasteiger partial charge in [0.15, 0.2) is 5.69 Å². The van der Waals surface area contributed by atoms with E-state index >= 15 is 0 Å². The van der Waals surface area contributed by atoms with Gasteiger partial charge in [0.1, 0.15) is 5.82 Å². The number of benzene rings is 1. The van der Waals surface area contributed by atoms with Crippen LogP contribution in [0.4, 0.5) is 4.39 Å². The molecule has 7 heteroatoms. The Morgan fingerprint density at radius 2 is 2.19 bits per heavy atom. The zero-order valence-corrected chi connectivity index (χ0v) is 15.0. The zero-order valence-electron chi connectivity index (χ0n) is 15.0. The van der Waals surface area contributed by atoms with E-state index in [2.05, 4.69) is 15.6 Å². The molecule has 138 valence electrons. The van der Waals surface area contributed by atoms with Crippen molar-refractivity contribution in [2.24, 2.45) is 5.92 Å². The van der Waals surface area contributed by atoms with Crippen LogP contribution in [0, 0.1) is 18.7 Å². The number of hydrogen-bond donors (Lipinski definition) is 1. The van der Waals surface area contributed by atoms with Crippen LogP contribution in [0.25, 0.3) is 5.69 Å². The first-order valence-corrected chi connectivity index (χ1v) is 9.34. The topological polar surface area (TPSA) is 63.1 Å². The molecule has 3 heterocycles. The fraction of sp³-hybridized carbons (Fsp3) is 0.526. The van der Waals surface area contributed by atoms with Gasteiger partial charge in [-0.15, -0.1) is 5.10 Å². The van der Waals surface area contributed by atoms with E-state index < -0.39 is 0 Å². The van der Waals surface area contributed by atoms with E-state index in [1.54, 1.807) is 16.9 Å². The minimum Gasteiger partial charge on any atom is -0.334 e. The number of hydrogen-bond acceptors (Lipinski definition) is 4. The van der Waals surface area contributed by atoms with E-state index in [1.165, 1.54) is 18.6 Å². The summed E-state index contributed by atoms with van der Waals surface area (Å²) in [7, 11) is 0. The van der Waals surface area contributed by atoms with Crippen molar-refractivity contribution in [1.29, 1.82) is 0 Å². The first kappa shape index (κ1) is 17.1. The average molecular weight is 357 g/mol. The van der Waals surface area contributed by atoms with E-state index in [1.807, 2.05) is 11.8 Å². The van der Waals surface area contributed by atoms with E-state index in [9.17, 15) is 9.18 Å². The molecule has 2 atom stereocenters. The number of aromatic nitrogens is 3. The van der Waals surface area contributed by atoms with Gasteiger partial charge in [0.05, 0.1) is 11.9 Å². The molecule has 2 unspecified atom stereocenters. The predicted molar refractivity (Wildman–Crippen MR) is 95.7 cm³/mol. The molecule has 26 heavy (non-hydrogen) atoms. The fourth-order valence-electron chi connectivity index (χ4n) is 4.21. The number of piperidine rings is 1. The summed E-state index contributed by atoms with van der Waals surface area (Å²) >= 11 is 0. The second-order valence-electron chi connectivity index (χ2n) is 7.29. The highest BCUT2D eigenvalue weighted by Gasteiger charge is 2.35. The number of nitrogens with zero attached hydrogens (tertiary/aromatic N) is 4. The molecule has 2 aliphatic heterocycles. The van der Waals surface area contributed by atoms with Crippen molar-refractivity contribution in [3.05, 3.63) is 41.5 Å². The monoisotopic (exact) mass is 357 g/mol. The number of aryl methyl sites for hydroxylation is 1. The number of likely N-dealkylation sites (tertiary alicyclic amines) is 1. The SMILES string of the molecule is Cc1cc(F)ccc1-n1cc(C(=O)N2CCCCC2C2CCNC2)nn1. The summed E-state index contributed by atoms with van der Waals surface area (Å²) in [5.41, 5.74) is 1.83. The summed E-state index contributed by atoms with van der Waals surface area (Å²) in [5.74, 6) is 0.185. The highest BCUT2D eigenvalue weighted by atomic mass is 19.1. The van der Waals surface area contributed by atoms with Gasteiger partial charge in [0.25, 0.3) is 5.91 Å². The van der Waals surface area contributed by atoms with E-state index in [-0.39, 0.29) is 17.8 Å². The summed E-state index contributed by atoms with van der Waals surface area (Å²) in [5, 5.41) is 11.6. The van der Waals surface area contributed by atoms with Crippen LogP contribution in [0.15, 0.2) is 24.4 Å². The average Bonchev–Trinajstić information content (AvgIpc) is 3.33. The van der Waals surface area contributed by atoms with Crippen LogP contribution in [-0.2, 0) is 0 Å². The minimum absolute atomic E-state index is 0.0485. The van der Waals surface area contributed by atoms with Crippen molar-refractivity contribution in [2.75, 3.05) is 19.6 Å². The van der Waals surface area contributed by atoms with Crippen LogP contribution >= 0.6 is 0 Å². The number of amides is 1. The highest BCUT2D eigenvalue weighted by Crippen LogP contribution is 2.28. The second kappa shape index (κ2) is 7.15. The van der Waals surface area contributed by atoms with Crippen molar-refractivity contribution in [1.82, 2.24) is 25.2 Å². The Morgan fingerprint density at radius 1 is 1.31 bits per heavy atom. The summed E-state index contributed by atoms with van der Waals surface area (Å²) in [6, 6.07) is 4.77. The van der Waals surface area contributed by atoms with Crippen LogP contribution in [0.5, 0.6) is 0 Å². The largest absolute Gasteiger partial charge is 0.334 e. The zero-order chi connectivity index (χ0) is 18.1. The van der Waals surface area contributed by atoms with E-state index in [0.29, 0.717) is 11.6 Å². The van der Waals surface area contributed by atoms with Crippen molar-refractivity contribution >= 4 is 5.91 Å². The second-order valence-corrected chi connectivity index (χ2v) is 7.29. The Morgan fingerprint density at radius 3 is 2.96 bits per heavy atom. The van der Waals surface area contributed by atoms with Crippen molar-refractivity contribution < 1.29 is 9.18 Å². The molecular formula is C19H24FN5O. The third kappa shape index (κ3) is 3.23. The van der Waals surface area contributed by atoms with Gasteiger partial charge in [0, 0.05) is 12.6 Å². The molecule has 2 saturated heterocycles. The van der Waals surface area contributed by atoms with Gasteiger partial charge in [-0.05, 0) is 75.4 Å². The number of nitrogens with one attached hydrogen (secondary N) is 1. The third-order valence-electron chi connectivity index (χ3n) is 5.57. The Bertz CT molecular complexity index is 799. The molecule has 1 aromatic heterocycles. The standard InChI is InChI=1S/C19H24FN5O/c1-13-10-15(20)5-6-17(13)25-12-16(22-23-25)19(26)24-9-3-2-4-18(24)14-7-8-21-11-14/h5-6,10,12,14,18,21H,2-4,7-9,11H2,1H3. The van der Waals surface area contributed by atoms with Gasteiger partial charge < -0.3 is 10.2 Å². The molecule has 4 rings (SSSR count). The van der Waals surface area contributed by atoms with E-state index in [0.717, 1.165) is 50.1 Å². The molecule has 1 aromatic carbocycles. The summed E-state index contributed by atoms with van der Waals surface area (Å²) in [4.78, 5) is 15.1. The number of halogens is 1. The maximum absolute atomic E-state index is 13.3. The van der Waals surface area contributed by atoms with Gasteiger partial charge in [-0.3, -0.25) is 4.79 Å². The number of carbonyl (C=O) groups is 1. The van der Waals surface area contributed by atoms with Gasteiger partial charge in [-0.2, -0.15) is 0 Å². The lowest BCUT2D eigenvalue weighted by molar-refractivity contribution is 0.0524. The minimum atomic E-state index is -0.288. The van der Waals surface area contributed by atoms with Crippen molar-refractivity contribution in [2.45, 2.75) is 38.6 Å². The lowest BCUT2D eigenvalue weighted by Crippen LogP contribution is -2.48. The molecule has 0 aliphatic carbocycles. The molecule has 2 aliphatic rings. The van der Waals surface area contributed by atoms with Crippen LogP contribution in [-0.4, -0.2) is 51.5 Å². The van der Waals surface area contributed by atoms with Crippen LogP contribution < -0.4 is 5.32 Å². The Balaban J connectivity index is 1.57. The lowest BCUT2D eigenvalue weighted by Gasteiger charge is -2.38. The molecule has 2 aromatic rings.